The summed E-state index contributed by atoms with van der Waals surface area (Å²) in [5, 5.41) is 6.36. The van der Waals surface area contributed by atoms with Crippen LogP contribution in [0, 0.1) is 5.92 Å². The van der Waals surface area contributed by atoms with Gasteiger partial charge in [0.05, 0.1) is 12.3 Å². The van der Waals surface area contributed by atoms with E-state index < -0.39 is 0 Å². The zero-order chi connectivity index (χ0) is 12.3. The highest BCUT2D eigenvalue weighted by atomic mass is 16.3. The highest BCUT2D eigenvalue weighted by Gasteiger charge is 2.26. The van der Waals surface area contributed by atoms with Crippen molar-refractivity contribution < 1.29 is 9.21 Å². The quantitative estimate of drug-likeness (QED) is 0.842. The number of carbonyl (C=O) groups is 1. The molecule has 1 aliphatic heterocycles. The van der Waals surface area contributed by atoms with Crippen LogP contribution >= 0.6 is 0 Å². The Morgan fingerprint density at radius 3 is 3.12 bits per heavy atom. The van der Waals surface area contributed by atoms with Crippen molar-refractivity contribution in [1.82, 2.24) is 10.6 Å². The van der Waals surface area contributed by atoms with Gasteiger partial charge in [0.15, 0.2) is 0 Å². The highest BCUT2D eigenvalue weighted by Crippen LogP contribution is 2.19. The molecule has 0 bridgehead atoms. The van der Waals surface area contributed by atoms with Crippen molar-refractivity contribution in [2.24, 2.45) is 5.92 Å². The normalized spacial score (nSPS) is 26.5. The first kappa shape index (κ1) is 12.2. The van der Waals surface area contributed by atoms with Gasteiger partial charge in [-0.3, -0.25) is 4.79 Å². The van der Waals surface area contributed by atoms with Crippen molar-refractivity contribution in [2.45, 2.75) is 38.8 Å². The molecular weight excluding hydrogens is 216 g/mol. The lowest BCUT2D eigenvalue weighted by Crippen LogP contribution is -2.42. The number of nitrogens with one attached hydrogen (secondary N) is 2. The Labute approximate surface area is 102 Å². The zero-order valence-electron chi connectivity index (χ0n) is 10.4. The first-order valence-corrected chi connectivity index (χ1v) is 6.24. The van der Waals surface area contributed by atoms with Crippen molar-refractivity contribution in [3.8, 4) is 0 Å². The van der Waals surface area contributed by atoms with E-state index in [0.29, 0.717) is 6.04 Å². The van der Waals surface area contributed by atoms with Gasteiger partial charge in [0.2, 0.25) is 5.91 Å². The van der Waals surface area contributed by atoms with Gasteiger partial charge in [0.25, 0.3) is 0 Å². The van der Waals surface area contributed by atoms with Crippen LogP contribution in [0.15, 0.2) is 22.8 Å². The minimum absolute atomic E-state index is 0.0531. The predicted octanol–water partition coefficient (Wildman–Crippen LogP) is 1.84. The molecule has 0 aliphatic carbocycles. The number of hydrogen-bond acceptors (Lipinski definition) is 3. The van der Waals surface area contributed by atoms with E-state index in [1.54, 1.807) is 6.26 Å². The second-order valence-electron chi connectivity index (χ2n) is 4.82. The van der Waals surface area contributed by atoms with Gasteiger partial charge in [0, 0.05) is 12.0 Å². The molecule has 1 saturated heterocycles. The van der Waals surface area contributed by atoms with Crippen LogP contribution < -0.4 is 10.6 Å². The average Bonchev–Trinajstić information content (AvgIpc) is 2.82. The molecule has 2 unspecified atom stereocenters. The van der Waals surface area contributed by atoms with Gasteiger partial charge < -0.3 is 15.1 Å². The number of piperidine rings is 1. The molecule has 2 heterocycles. The van der Waals surface area contributed by atoms with Crippen LogP contribution in [0.25, 0.3) is 0 Å². The molecule has 94 valence electrons. The highest BCUT2D eigenvalue weighted by molar-refractivity contribution is 5.79. The summed E-state index contributed by atoms with van der Waals surface area (Å²) in [5.41, 5.74) is 0. The molecule has 3 atom stereocenters. The first-order chi connectivity index (χ1) is 8.16. The standard InChI is InChI=1S/C13H20N2O2/c1-9-8-11(5-6-14-9)13(16)15-10(2)12-4-3-7-17-12/h3-4,7,9-11,14H,5-6,8H2,1-2H3,(H,15,16)/t9?,10-,11?/m0/s1. The topological polar surface area (TPSA) is 54.3 Å². The van der Waals surface area contributed by atoms with Crippen LogP contribution in [-0.4, -0.2) is 18.5 Å². The number of furan rings is 1. The summed E-state index contributed by atoms with van der Waals surface area (Å²) in [4.78, 5) is 12.1. The van der Waals surface area contributed by atoms with Crippen LogP contribution in [0.4, 0.5) is 0 Å². The molecule has 1 aliphatic rings. The summed E-state index contributed by atoms with van der Waals surface area (Å²) in [6.07, 6.45) is 3.46. The van der Waals surface area contributed by atoms with Crippen molar-refractivity contribution >= 4 is 5.91 Å². The summed E-state index contributed by atoms with van der Waals surface area (Å²) >= 11 is 0. The third kappa shape index (κ3) is 3.09. The fourth-order valence-corrected chi connectivity index (χ4v) is 2.31. The monoisotopic (exact) mass is 236 g/mol. The van der Waals surface area contributed by atoms with Crippen LogP contribution in [-0.2, 0) is 4.79 Å². The molecule has 2 rings (SSSR count). The first-order valence-electron chi connectivity index (χ1n) is 6.24. The Balaban J connectivity index is 1.88. The number of carbonyl (C=O) groups excluding carboxylic acids is 1. The molecule has 0 aromatic carbocycles. The summed E-state index contributed by atoms with van der Waals surface area (Å²) in [6.45, 7) is 4.99. The van der Waals surface area contributed by atoms with E-state index in [4.69, 9.17) is 4.42 Å². The lowest BCUT2D eigenvalue weighted by molar-refractivity contribution is -0.126. The molecule has 1 aromatic rings. The van der Waals surface area contributed by atoms with Gasteiger partial charge in [-0.05, 0) is 45.4 Å². The van der Waals surface area contributed by atoms with Crippen molar-refractivity contribution in [3.63, 3.8) is 0 Å². The molecule has 4 heteroatoms. The molecule has 0 spiro atoms. The Hall–Kier alpha value is -1.29. The van der Waals surface area contributed by atoms with Gasteiger partial charge in [-0.2, -0.15) is 0 Å². The SMILES string of the molecule is CC1CC(C(=O)N[C@@H](C)c2ccco2)CCN1. The fraction of sp³-hybridized carbons (Fsp3) is 0.615. The second-order valence-corrected chi connectivity index (χ2v) is 4.82. The summed E-state index contributed by atoms with van der Waals surface area (Å²) in [6, 6.07) is 4.10. The maximum atomic E-state index is 12.1. The van der Waals surface area contributed by atoms with Gasteiger partial charge in [-0.25, -0.2) is 0 Å². The molecular formula is C13H20N2O2. The number of amides is 1. The number of hydrogen-bond donors (Lipinski definition) is 2. The van der Waals surface area contributed by atoms with Crippen LogP contribution in [0.1, 0.15) is 38.5 Å². The van der Waals surface area contributed by atoms with Gasteiger partial charge >= 0.3 is 0 Å². The predicted molar refractivity (Wildman–Crippen MR) is 65.5 cm³/mol. The van der Waals surface area contributed by atoms with E-state index in [0.717, 1.165) is 25.1 Å². The van der Waals surface area contributed by atoms with E-state index in [9.17, 15) is 4.79 Å². The van der Waals surface area contributed by atoms with Gasteiger partial charge in [-0.1, -0.05) is 0 Å². The van der Waals surface area contributed by atoms with Gasteiger partial charge in [-0.15, -0.1) is 0 Å². The van der Waals surface area contributed by atoms with Gasteiger partial charge in [0.1, 0.15) is 5.76 Å². The summed E-state index contributed by atoms with van der Waals surface area (Å²) < 4.78 is 5.28. The third-order valence-corrected chi connectivity index (χ3v) is 3.32. The van der Waals surface area contributed by atoms with E-state index in [1.165, 1.54) is 0 Å². The minimum atomic E-state index is -0.0531. The lowest BCUT2D eigenvalue weighted by atomic mass is 9.92. The molecule has 2 N–H and O–H groups in total. The Morgan fingerprint density at radius 2 is 2.47 bits per heavy atom. The zero-order valence-corrected chi connectivity index (χ0v) is 10.4. The maximum absolute atomic E-state index is 12.1. The molecule has 0 saturated carbocycles. The number of rotatable bonds is 3. The van der Waals surface area contributed by atoms with Crippen LogP contribution in [0.2, 0.25) is 0 Å². The molecule has 17 heavy (non-hydrogen) atoms. The molecule has 0 radical (unpaired) electrons. The molecule has 1 fully saturated rings. The Kier molecular flexibility index (Phi) is 3.84. The Morgan fingerprint density at radius 1 is 1.65 bits per heavy atom. The van der Waals surface area contributed by atoms with Crippen LogP contribution in [0.5, 0.6) is 0 Å². The van der Waals surface area contributed by atoms with E-state index in [1.807, 2.05) is 19.1 Å². The molecule has 1 aromatic heterocycles. The molecule has 4 nitrogen and oxygen atoms in total. The van der Waals surface area contributed by atoms with E-state index in [-0.39, 0.29) is 17.9 Å². The minimum Gasteiger partial charge on any atom is -0.467 e. The smallest absolute Gasteiger partial charge is 0.223 e. The van der Waals surface area contributed by atoms with Crippen molar-refractivity contribution in [3.05, 3.63) is 24.2 Å². The Bertz CT molecular complexity index is 362. The summed E-state index contributed by atoms with van der Waals surface area (Å²) in [7, 11) is 0. The van der Waals surface area contributed by atoms with Crippen LogP contribution in [0.3, 0.4) is 0 Å². The van der Waals surface area contributed by atoms with E-state index in [2.05, 4.69) is 17.6 Å². The average molecular weight is 236 g/mol. The van der Waals surface area contributed by atoms with E-state index >= 15 is 0 Å². The van der Waals surface area contributed by atoms with Crippen molar-refractivity contribution in [2.75, 3.05) is 6.54 Å². The van der Waals surface area contributed by atoms with Crippen molar-refractivity contribution in [1.29, 1.82) is 0 Å². The summed E-state index contributed by atoms with van der Waals surface area (Å²) in [5.74, 6) is 1.08. The molecule has 1 amide bonds. The third-order valence-electron chi connectivity index (χ3n) is 3.32. The maximum Gasteiger partial charge on any atom is 0.223 e. The fourth-order valence-electron chi connectivity index (χ4n) is 2.31. The lowest BCUT2D eigenvalue weighted by Gasteiger charge is -2.27. The largest absolute Gasteiger partial charge is 0.467 e. The second kappa shape index (κ2) is 5.36.